The molecule has 0 unspecified atom stereocenters. The van der Waals surface area contributed by atoms with Gasteiger partial charge in [-0.15, -0.1) is 11.3 Å². The van der Waals surface area contributed by atoms with Gasteiger partial charge in [-0.1, -0.05) is 36.4 Å². The van der Waals surface area contributed by atoms with E-state index in [2.05, 4.69) is 15.3 Å². The molecule has 0 bridgehead atoms. The second-order valence-corrected chi connectivity index (χ2v) is 9.68. The van der Waals surface area contributed by atoms with Gasteiger partial charge < -0.3 is 15.0 Å². The molecular weight excluding hydrogens is 472 g/mol. The molecule has 7 nitrogen and oxygen atoms in total. The first-order valence-corrected chi connectivity index (χ1v) is 12.5. The molecule has 1 fully saturated rings. The number of fused-ring (bicyclic) bond motifs is 2. The number of nitrogens with zero attached hydrogens (tertiary/aromatic N) is 3. The van der Waals surface area contributed by atoms with Crippen LogP contribution in [0, 0.1) is 0 Å². The van der Waals surface area contributed by atoms with Crippen LogP contribution in [0.5, 0.6) is 11.5 Å². The van der Waals surface area contributed by atoms with Gasteiger partial charge in [0.25, 0.3) is 5.91 Å². The van der Waals surface area contributed by atoms with E-state index in [-0.39, 0.29) is 18.2 Å². The second-order valence-electron chi connectivity index (χ2n) is 8.63. The molecule has 6 rings (SSSR count). The number of ether oxygens (including phenoxy) is 1. The van der Waals surface area contributed by atoms with Gasteiger partial charge in [-0.25, -0.2) is 4.98 Å². The molecule has 4 heterocycles. The lowest BCUT2D eigenvalue weighted by atomic mass is 10.1. The SMILES string of the molecule is O=C(Cc1ccc(Oc2ccnc3cc(C(=O)N4CCC4)sc23)cc1)Nc1nccc2ccccc12. The van der Waals surface area contributed by atoms with E-state index < -0.39 is 0 Å². The van der Waals surface area contributed by atoms with Crippen molar-refractivity contribution in [3.05, 3.63) is 89.6 Å². The number of thiophene rings is 1. The summed E-state index contributed by atoms with van der Waals surface area (Å²) in [5.41, 5.74) is 1.61. The predicted molar refractivity (Wildman–Crippen MR) is 141 cm³/mol. The fourth-order valence-corrected chi connectivity index (χ4v) is 5.19. The van der Waals surface area contributed by atoms with Crippen molar-refractivity contribution in [2.24, 2.45) is 0 Å². The molecule has 8 heteroatoms. The molecule has 0 atom stereocenters. The highest BCUT2D eigenvalue weighted by Gasteiger charge is 2.24. The van der Waals surface area contributed by atoms with Crippen molar-refractivity contribution in [1.82, 2.24) is 14.9 Å². The molecule has 1 aliphatic rings. The van der Waals surface area contributed by atoms with Crippen LogP contribution in [0.2, 0.25) is 0 Å². The molecule has 0 radical (unpaired) electrons. The Morgan fingerprint density at radius 2 is 1.78 bits per heavy atom. The predicted octanol–water partition coefficient (Wildman–Crippen LogP) is 5.66. The van der Waals surface area contributed by atoms with Crippen LogP contribution in [0.4, 0.5) is 5.82 Å². The van der Waals surface area contributed by atoms with Gasteiger partial charge in [0, 0.05) is 36.9 Å². The van der Waals surface area contributed by atoms with E-state index in [1.54, 1.807) is 18.5 Å². The maximum atomic E-state index is 12.7. The first kappa shape index (κ1) is 22.2. The van der Waals surface area contributed by atoms with E-state index in [4.69, 9.17) is 4.74 Å². The van der Waals surface area contributed by atoms with Crippen molar-refractivity contribution < 1.29 is 14.3 Å². The van der Waals surface area contributed by atoms with Gasteiger partial charge in [-0.2, -0.15) is 0 Å². The Kier molecular flexibility index (Phi) is 5.79. The molecule has 1 saturated heterocycles. The maximum Gasteiger partial charge on any atom is 0.264 e. The van der Waals surface area contributed by atoms with Crippen molar-refractivity contribution in [2.75, 3.05) is 18.4 Å². The number of anilines is 1. The summed E-state index contributed by atoms with van der Waals surface area (Å²) >= 11 is 1.40. The fourth-order valence-electron chi connectivity index (χ4n) is 4.16. The molecule has 178 valence electrons. The lowest BCUT2D eigenvalue weighted by Gasteiger charge is -2.30. The zero-order valence-corrected chi connectivity index (χ0v) is 20.1. The Bertz CT molecular complexity index is 1590. The Hall–Kier alpha value is -4.30. The smallest absolute Gasteiger partial charge is 0.264 e. The van der Waals surface area contributed by atoms with Gasteiger partial charge in [0.15, 0.2) is 0 Å². The maximum absolute atomic E-state index is 12.7. The first-order chi connectivity index (χ1) is 17.6. The van der Waals surface area contributed by atoms with Crippen LogP contribution < -0.4 is 10.1 Å². The molecule has 1 N–H and O–H groups in total. The molecular formula is C28H22N4O3S. The number of carbonyl (C=O) groups is 2. The van der Waals surface area contributed by atoms with Gasteiger partial charge in [-0.05, 0) is 41.6 Å². The third-order valence-electron chi connectivity index (χ3n) is 6.18. The second kappa shape index (κ2) is 9.39. The standard InChI is InChI=1S/C28H22N4O3S/c33-25(31-27-21-5-2-1-4-19(21)10-12-30-27)16-18-6-8-20(9-7-18)35-23-11-13-29-22-17-24(36-26(22)23)28(34)32-14-3-15-32/h1-2,4-13,17H,3,14-16H2,(H,30,31,33). The summed E-state index contributed by atoms with van der Waals surface area (Å²) < 4.78 is 6.96. The normalized spacial score (nSPS) is 12.9. The van der Waals surface area contributed by atoms with Crippen LogP contribution >= 0.6 is 11.3 Å². The van der Waals surface area contributed by atoms with Gasteiger partial charge >= 0.3 is 0 Å². The zero-order chi connectivity index (χ0) is 24.5. The largest absolute Gasteiger partial charge is 0.456 e. The van der Waals surface area contributed by atoms with Gasteiger partial charge in [-0.3, -0.25) is 14.6 Å². The highest BCUT2D eigenvalue weighted by Crippen LogP contribution is 2.35. The average Bonchev–Trinajstić information content (AvgIpc) is 3.30. The quantitative estimate of drug-likeness (QED) is 0.329. The van der Waals surface area contributed by atoms with E-state index in [0.717, 1.165) is 46.1 Å². The summed E-state index contributed by atoms with van der Waals surface area (Å²) in [4.78, 5) is 36.5. The third kappa shape index (κ3) is 4.38. The van der Waals surface area contributed by atoms with E-state index in [0.29, 0.717) is 22.2 Å². The van der Waals surface area contributed by atoms with Crippen molar-refractivity contribution in [1.29, 1.82) is 0 Å². The number of carbonyl (C=O) groups excluding carboxylic acids is 2. The van der Waals surface area contributed by atoms with Crippen molar-refractivity contribution in [3.8, 4) is 11.5 Å². The van der Waals surface area contributed by atoms with Crippen LogP contribution in [0.1, 0.15) is 21.7 Å². The number of pyridine rings is 2. The van der Waals surface area contributed by atoms with E-state index in [1.807, 2.05) is 65.6 Å². The zero-order valence-electron chi connectivity index (χ0n) is 19.3. The molecule has 0 saturated carbocycles. The highest BCUT2D eigenvalue weighted by molar-refractivity contribution is 7.21. The van der Waals surface area contributed by atoms with Crippen LogP contribution in [0.15, 0.2) is 79.1 Å². The Morgan fingerprint density at radius 1 is 0.972 bits per heavy atom. The number of hydrogen-bond donors (Lipinski definition) is 1. The number of benzene rings is 2. The van der Waals surface area contributed by atoms with Crippen LogP contribution in [-0.2, 0) is 11.2 Å². The summed E-state index contributed by atoms with van der Waals surface area (Å²) in [6, 6.07) is 20.8. The molecule has 2 amide bonds. The van der Waals surface area contributed by atoms with Crippen LogP contribution in [0.3, 0.4) is 0 Å². The molecule has 2 aromatic carbocycles. The van der Waals surface area contributed by atoms with Crippen LogP contribution in [0.25, 0.3) is 21.0 Å². The Balaban J connectivity index is 1.14. The molecule has 1 aliphatic heterocycles. The number of hydrogen-bond acceptors (Lipinski definition) is 6. The topological polar surface area (TPSA) is 84.4 Å². The van der Waals surface area contributed by atoms with Gasteiger partial charge in [0.1, 0.15) is 17.3 Å². The minimum absolute atomic E-state index is 0.0523. The number of rotatable bonds is 6. The van der Waals surface area contributed by atoms with E-state index in [9.17, 15) is 9.59 Å². The monoisotopic (exact) mass is 494 g/mol. The Morgan fingerprint density at radius 3 is 2.58 bits per heavy atom. The summed E-state index contributed by atoms with van der Waals surface area (Å²) in [5.74, 6) is 1.77. The summed E-state index contributed by atoms with van der Waals surface area (Å²) in [6.45, 7) is 1.62. The van der Waals surface area contributed by atoms with Crippen molar-refractivity contribution in [2.45, 2.75) is 12.8 Å². The molecule has 0 aliphatic carbocycles. The lowest BCUT2D eigenvalue weighted by molar-refractivity contribution is -0.115. The summed E-state index contributed by atoms with van der Waals surface area (Å²) in [6.07, 6.45) is 4.65. The first-order valence-electron chi connectivity index (χ1n) is 11.7. The number of aromatic nitrogens is 2. The number of amides is 2. The van der Waals surface area contributed by atoms with E-state index >= 15 is 0 Å². The minimum Gasteiger partial charge on any atom is -0.456 e. The molecule has 36 heavy (non-hydrogen) atoms. The van der Waals surface area contributed by atoms with Crippen LogP contribution in [-0.4, -0.2) is 39.8 Å². The Labute approximate surface area is 211 Å². The molecule has 0 spiro atoms. The van der Waals surface area contributed by atoms with Gasteiger partial charge in [0.2, 0.25) is 5.91 Å². The van der Waals surface area contributed by atoms with Crippen molar-refractivity contribution in [3.63, 3.8) is 0 Å². The number of likely N-dealkylation sites (tertiary alicyclic amines) is 1. The summed E-state index contributed by atoms with van der Waals surface area (Å²) in [7, 11) is 0. The third-order valence-corrected chi connectivity index (χ3v) is 7.30. The molecule has 5 aromatic rings. The fraction of sp³-hybridized carbons (Fsp3) is 0.143. The summed E-state index contributed by atoms with van der Waals surface area (Å²) in [5, 5.41) is 4.85. The number of nitrogens with one attached hydrogen (secondary N) is 1. The van der Waals surface area contributed by atoms with Crippen molar-refractivity contribution >= 4 is 50.0 Å². The van der Waals surface area contributed by atoms with Gasteiger partial charge in [0.05, 0.1) is 21.5 Å². The highest BCUT2D eigenvalue weighted by atomic mass is 32.1. The molecule has 3 aromatic heterocycles. The lowest BCUT2D eigenvalue weighted by Crippen LogP contribution is -2.41. The minimum atomic E-state index is -0.138. The average molecular weight is 495 g/mol. The van der Waals surface area contributed by atoms with E-state index in [1.165, 1.54) is 11.3 Å².